The zero-order valence-corrected chi connectivity index (χ0v) is 11.0. The Morgan fingerprint density at radius 2 is 1.82 bits per heavy atom. The summed E-state index contributed by atoms with van der Waals surface area (Å²) in [6.07, 6.45) is 10.2. The van der Waals surface area contributed by atoms with E-state index in [0.29, 0.717) is 12.0 Å². The van der Waals surface area contributed by atoms with Crippen LogP contribution in [0.25, 0.3) is 0 Å². The van der Waals surface area contributed by atoms with Crippen molar-refractivity contribution < 1.29 is 4.79 Å². The van der Waals surface area contributed by atoms with Crippen LogP contribution in [0.5, 0.6) is 0 Å². The molecule has 0 unspecified atom stereocenters. The van der Waals surface area contributed by atoms with Crippen molar-refractivity contribution in [2.75, 3.05) is 6.54 Å². The molecule has 3 heteroatoms. The Labute approximate surface area is 105 Å². The molecule has 2 aliphatic rings. The number of hydrogen-bond donors (Lipinski definition) is 2. The van der Waals surface area contributed by atoms with E-state index >= 15 is 0 Å². The van der Waals surface area contributed by atoms with Crippen LogP contribution in [-0.2, 0) is 4.79 Å². The second-order valence-electron chi connectivity index (χ2n) is 5.70. The number of nitrogens with one attached hydrogen (secondary N) is 2. The van der Waals surface area contributed by atoms with Crippen molar-refractivity contribution in [2.24, 2.45) is 5.92 Å². The maximum Gasteiger partial charge on any atom is 0.237 e. The lowest BCUT2D eigenvalue weighted by Gasteiger charge is -2.25. The Morgan fingerprint density at radius 1 is 1.12 bits per heavy atom. The maximum atomic E-state index is 12.0. The SMILES string of the molecule is C[C@H](NC(=O)[C@H]1CCCN1)C1CCCCCC1. The van der Waals surface area contributed by atoms with Gasteiger partial charge in [-0.2, -0.15) is 0 Å². The number of carbonyl (C=O) groups excluding carboxylic acids is 1. The van der Waals surface area contributed by atoms with Gasteiger partial charge >= 0.3 is 0 Å². The predicted octanol–water partition coefficient (Wildman–Crippen LogP) is 2.21. The van der Waals surface area contributed by atoms with Crippen LogP contribution in [0.15, 0.2) is 0 Å². The van der Waals surface area contributed by atoms with Crippen molar-refractivity contribution >= 4 is 5.91 Å². The highest BCUT2D eigenvalue weighted by molar-refractivity contribution is 5.82. The molecule has 0 spiro atoms. The minimum atomic E-state index is 0.0724. The van der Waals surface area contributed by atoms with Crippen LogP contribution in [0.4, 0.5) is 0 Å². The zero-order valence-electron chi connectivity index (χ0n) is 11.0. The summed E-state index contributed by atoms with van der Waals surface area (Å²) in [4.78, 5) is 12.0. The van der Waals surface area contributed by atoms with Gasteiger partial charge in [-0.05, 0) is 45.1 Å². The van der Waals surface area contributed by atoms with E-state index in [2.05, 4.69) is 17.6 Å². The lowest BCUT2D eigenvalue weighted by Crippen LogP contribution is -2.46. The van der Waals surface area contributed by atoms with Crippen molar-refractivity contribution in [2.45, 2.75) is 70.4 Å². The first-order valence-electron chi connectivity index (χ1n) is 7.31. The van der Waals surface area contributed by atoms with Gasteiger partial charge < -0.3 is 10.6 Å². The van der Waals surface area contributed by atoms with E-state index in [9.17, 15) is 4.79 Å². The Kier molecular flexibility index (Phi) is 4.84. The minimum Gasteiger partial charge on any atom is -0.352 e. The molecule has 2 fully saturated rings. The molecular formula is C14H26N2O. The third-order valence-electron chi connectivity index (χ3n) is 4.35. The molecule has 2 rings (SSSR count). The number of rotatable bonds is 3. The van der Waals surface area contributed by atoms with E-state index in [1.807, 2.05) is 0 Å². The Bertz CT molecular complexity index is 241. The molecule has 1 amide bonds. The molecule has 1 saturated heterocycles. The van der Waals surface area contributed by atoms with Gasteiger partial charge in [-0.25, -0.2) is 0 Å². The summed E-state index contributed by atoms with van der Waals surface area (Å²) in [6, 6.07) is 0.422. The fourth-order valence-electron chi connectivity index (χ4n) is 3.16. The summed E-state index contributed by atoms with van der Waals surface area (Å²) in [7, 11) is 0. The highest BCUT2D eigenvalue weighted by atomic mass is 16.2. The molecule has 1 aliphatic carbocycles. The molecule has 1 aliphatic heterocycles. The third kappa shape index (κ3) is 3.70. The van der Waals surface area contributed by atoms with Gasteiger partial charge in [0.05, 0.1) is 6.04 Å². The van der Waals surface area contributed by atoms with Gasteiger partial charge in [0.1, 0.15) is 0 Å². The number of carbonyl (C=O) groups is 1. The van der Waals surface area contributed by atoms with Crippen LogP contribution in [0, 0.1) is 5.92 Å². The van der Waals surface area contributed by atoms with E-state index in [4.69, 9.17) is 0 Å². The van der Waals surface area contributed by atoms with Gasteiger partial charge in [0.25, 0.3) is 0 Å². The molecule has 0 bridgehead atoms. The summed E-state index contributed by atoms with van der Waals surface area (Å²) in [5, 5.41) is 6.48. The molecule has 17 heavy (non-hydrogen) atoms. The minimum absolute atomic E-state index is 0.0724. The van der Waals surface area contributed by atoms with Crippen molar-refractivity contribution in [1.29, 1.82) is 0 Å². The Morgan fingerprint density at radius 3 is 2.41 bits per heavy atom. The second-order valence-corrected chi connectivity index (χ2v) is 5.70. The fourth-order valence-corrected chi connectivity index (χ4v) is 3.16. The standard InChI is InChI=1S/C14H26N2O/c1-11(12-7-4-2-3-5-8-12)16-14(17)13-9-6-10-15-13/h11-13,15H,2-10H2,1H3,(H,16,17)/t11-,13+/m0/s1. The predicted molar refractivity (Wildman–Crippen MR) is 69.8 cm³/mol. The topological polar surface area (TPSA) is 41.1 Å². The number of hydrogen-bond acceptors (Lipinski definition) is 2. The fraction of sp³-hybridized carbons (Fsp3) is 0.929. The zero-order chi connectivity index (χ0) is 12.1. The maximum absolute atomic E-state index is 12.0. The van der Waals surface area contributed by atoms with Crippen molar-refractivity contribution in [3.8, 4) is 0 Å². The van der Waals surface area contributed by atoms with Crippen LogP contribution in [-0.4, -0.2) is 24.5 Å². The molecule has 0 aromatic carbocycles. The van der Waals surface area contributed by atoms with E-state index in [-0.39, 0.29) is 11.9 Å². The van der Waals surface area contributed by atoms with Crippen LogP contribution in [0.3, 0.4) is 0 Å². The van der Waals surface area contributed by atoms with E-state index in [0.717, 1.165) is 19.4 Å². The smallest absolute Gasteiger partial charge is 0.237 e. The molecule has 2 atom stereocenters. The highest BCUT2D eigenvalue weighted by Crippen LogP contribution is 2.25. The lowest BCUT2D eigenvalue weighted by molar-refractivity contribution is -0.123. The molecule has 0 aromatic rings. The van der Waals surface area contributed by atoms with Gasteiger partial charge in [-0.15, -0.1) is 0 Å². The van der Waals surface area contributed by atoms with Crippen LogP contribution >= 0.6 is 0 Å². The first kappa shape index (κ1) is 12.9. The highest BCUT2D eigenvalue weighted by Gasteiger charge is 2.26. The largest absolute Gasteiger partial charge is 0.352 e. The van der Waals surface area contributed by atoms with Gasteiger partial charge in [-0.3, -0.25) is 4.79 Å². The lowest BCUT2D eigenvalue weighted by atomic mass is 9.93. The second kappa shape index (κ2) is 6.39. The molecule has 1 saturated carbocycles. The van der Waals surface area contributed by atoms with Gasteiger partial charge in [0, 0.05) is 6.04 Å². The summed E-state index contributed by atoms with van der Waals surface area (Å²) < 4.78 is 0. The van der Waals surface area contributed by atoms with E-state index in [1.54, 1.807) is 0 Å². The van der Waals surface area contributed by atoms with Crippen LogP contribution < -0.4 is 10.6 Å². The van der Waals surface area contributed by atoms with Crippen molar-refractivity contribution in [3.05, 3.63) is 0 Å². The molecule has 0 aromatic heterocycles. The molecular weight excluding hydrogens is 212 g/mol. The Balaban J connectivity index is 1.78. The van der Waals surface area contributed by atoms with Gasteiger partial charge in [0.2, 0.25) is 5.91 Å². The molecule has 2 N–H and O–H groups in total. The Hall–Kier alpha value is -0.570. The third-order valence-corrected chi connectivity index (χ3v) is 4.35. The first-order chi connectivity index (χ1) is 8.27. The molecule has 0 radical (unpaired) electrons. The summed E-state index contributed by atoms with van der Waals surface area (Å²) in [5.74, 6) is 0.919. The monoisotopic (exact) mass is 238 g/mol. The summed E-state index contributed by atoms with van der Waals surface area (Å²) in [6.45, 7) is 3.18. The molecule has 3 nitrogen and oxygen atoms in total. The van der Waals surface area contributed by atoms with Crippen LogP contribution in [0.2, 0.25) is 0 Å². The van der Waals surface area contributed by atoms with Gasteiger partial charge in [-0.1, -0.05) is 25.7 Å². The van der Waals surface area contributed by atoms with Crippen molar-refractivity contribution in [1.82, 2.24) is 10.6 Å². The van der Waals surface area contributed by atoms with E-state index in [1.165, 1.54) is 38.5 Å². The van der Waals surface area contributed by atoms with Gasteiger partial charge in [0.15, 0.2) is 0 Å². The summed E-state index contributed by atoms with van der Waals surface area (Å²) in [5.41, 5.74) is 0. The summed E-state index contributed by atoms with van der Waals surface area (Å²) >= 11 is 0. The van der Waals surface area contributed by atoms with E-state index < -0.39 is 0 Å². The normalized spacial score (nSPS) is 28.6. The van der Waals surface area contributed by atoms with Crippen molar-refractivity contribution in [3.63, 3.8) is 0 Å². The quantitative estimate of drug-likeness (QED) is 0.740. The molecule has 98 valence electrons. The van der Waals surface area contributed by atoms with Crippen LogP contribution in [0.1, 0.15) is 58.3 Å². The number of amides is 1. The molecule has 1 heterocycles. The average Bonchev–Trinajstić information content (AvgIpc) is 2.71. The first-order valence-corrected chi connectivity index (χ1v) is 7.31. The average molecular weight is 238 g/mol.